The van der Waals surface area contributed by atoms with E-state index in [0.717, 1.165) is 63.5 Å². The van der Waals surface area contributed by atoms with Gasteiger partial charge in [-0.15, -0.1) is 0 Å². The van der Waals surface area contributed by atoms with Crippen LogP contribution in [-0.4, -0.2) is 106 Å². The van der Waals surface area contributed by atoms with Crippen LogP contribution in [0.1, 0.15) is 87.7 Å². The van der Waals surface area contributed by atoms with Crippen molar-refractivity contribution < 1.29 is 57.3 Å². The maximum Gasteiger partial charge on any atom is 0.218 e. The normalized spacial score (nSPS) is 27.9. The second-order valence-corrected chi connectivity index (χ2v) is 22.5. The number of methoxy groups -OCH3 is 1. The molecule has 0 radical (unpaired) electrons. The highest BCUT2D eigenvalue weighted by molar-refractivity contribution is 5.89. The maximum atomic E-state index is 13.3. The summed E-state index contributed by atoms with van der Waals surface area (Å²) in [6, 6.07) is 42.1. The number of carbonyl (C=O) groups excluding carboxylic acids is 2. The first-order valence-electron chi connectivity index (χ1n) is 27.6. The first-order valence-corrected chi connectivity index (χ1v) is 27.6. The number of fused-ring (bicyclic) bond motifs is 8. The van der Waals surface area contributed by atoms with Gasteiger partial charge in [-0.3, -0.25) is 9.59 Å². The molecule has 5 aromatic carbocycles. The summed E-state index contributed by atoms with van der Waals surface area (Å²) in [6.45, 7) is 13.1. The van der Waals surface area contributed by atoms with Crippen LogP contribution in [0.3, 0.4) is 0 Å². The van der Waals surface area contributed by atoms with Crippen molar-refractivity contribution in [1.29, 1.82) is 0 Å². The van der Waals surface area contributed by atoms with Crippen LogP contribution >= 0.6 is 0 Å². The molecule has 5 aromatic rings. The van der Waals surface area contributed by atoms with E-state index in [-0.39, 0.29) is 47.7 Å². The van der Waals surface area contributed by atoms with Gasteiger partial charge >= 0.3 is 0 Å². The second kappa shape index (κ2) is 24.3. The molecule has 0 aliphatic carbocycles. The van der Waals surface area contributed by atoms with Crippen LogP contribution in [0.25, 0.3) is 0 Å². The number of Topliss-reactive ketones (excluding diaryl/α,β-unsaturated/α-hetero) is 2. The Morgan fingerprint density at radius 1 is 0.506 bits per heavy atom. The van der Waals surface area contributed by atoms with Crippen molar-refractivity contribution in [3.63, 3.8) is 0 Å². The van der Waals surface area contributed by atoms with Crippen LogP contribution < -0.4 is 0 Å². The van der Waals surface area contributed by atoms with Gasteiger partial charge in [0.1, 0.15) is 6.10 Å². The highest BCUT2D eigenvalue weighted by atomic mass is 16.8. The fraction of sp³-hybridized carbons (Fsp3) is 0.477. The number of ketones is 2. The lowest BCUT2D eigenvalue weighted by molar-refractivity contribution is -0.205. The highest BCUT2D eigenvalue weighted by Gasteiger charge is 2.54. The Hall–Kier alpha value is -5.38. The molecular weight excluding hydrogens is 973 g/mol. The molecule has 0 saturated carbocycles. The van der Waals surface area contributed by atoms with Crippen LogP contribution in [0.4, 0.5) is 0 Å². The Morgan fingerprint density at radius 3 is 1.49 bits per heavy atom. The fourth-order valence-corrected chi connectivity index (χ4v) is 12.5. The smallest absolute Gasteiger partial charge is 0.218 e. The lowest BCUT2D eigenvalue weighted by Crippen LogP contribution is -2.51. The molecule has 12 heteroatoms. The second-order valence-electron chi connectivity index (χ2n) is 22.5. The summed E-state index contributed by atoms with van der Waals surface area (Å²) in [4.78, 5) is 24.1. The van der Waals surface area contributed by atoms with Gasteiger partial charge in [0, 0.05) is 23.7 Å². The Balaban J connectivity index is 0.000000122. The van der Waals surface area contributed by atoms with Gasteiger partial charge in [0.25, 0.3) is 0 Å². The van der Waals surface area contributed by atoms with Crippen molar-refractivity contribution in [2.24, 2.45) is 10.8 Å². The van der Waals surface area contributed by atoms with Crippen LogP contribution in [0.2, 0.25) is 0 Å². The predicted octanol–water partition coefficient (Wildman–Crippen LogP) is 10.0. The van der Waals surface area contributed by atoms with Crippen molar-refractivity contribution in [2.75, 3.05) is 33.5 Å². The highest BCUT2D eigenvalue weighted by Crippen LogP contribution is 2.47. The summed E-state index contributed by atoms with van der Waals surface area (Å²) in [5, 5.41) is 11.2. The zero-order valence-corrected chi connectivity index (χ0v) is 45.6. The standard InChI is InChI=1S/C22H26O3.C22H24O3.C15H18O3.C6H8O3/c2*1-15-7-3-5-9-17(15)11-22(12-18-10-6-4-8-16(18)2)13-19-14-24-21(25-19)20(22)23;1-10-5-3-4-6-11(10)7-12-8-13-9-17-15(18-13)14(12)16-2;7-5-2-1-4-3-8-6(5)9-4/h3-10,19-21,23H,11-14H2,1-2H3;3-10,19,21H,11-14H2,1-2H3;3-6,13,15H,7-9H2,1-2H3;4,6H,1-3H2/t19-,20+,21+;19-,21+;13-,15+;4-,6+/m0000/s1. The van der Waals surface area contributed by atoms with Gasteiger partial charge in [0.05, 0.1) is 58.0 Å². The first-order chi connectivity index (χ1) is 37.3. The molecule has 0 amide bonds. The molecule has 1 N–H and O–H groups in total. The quantitative estimate of drug-likeness (QED) is 0.135. The number of carbonyl (C=O) groups is 2. The Kier molecular flexibility index (Phi) is 17.4. The average Bonchev–Trinajstić information content (AvgIpc) is 4.27. The lowest BCUT2D eigenvalue weighted by Gasteiger charge is -2.44. The summed E-state index contributed by atoms with van der Waals surface area (Å²) in [6.07, 6.45) is 5.95. The van der Waals surface area contributed by atoms with E-state index in [0.29, 0.717) is 32.8 Å². The SMILES string of the molecule is COC1=C(Cc2ccccc2C)C[C@H]2CO[C@@H]1O2.Cc1ccccc1CC1(Cc2ccccc2C)C[C@H]2CO[C@H](O2)C1=O.Cc1ccccc1CC1(Cc2ccccc2C)C[C@H]2CO[C@H](O2)[C@H]1O.O=C1CC[C@H]2CO[C@@H]1O2. The first kappa shape index (κ1) is 55.0. The number of aryl methyl sites for hydroxylation is 5. The minimum Gasteiger partial charge on any atom is -0.496 e. The summed E-state index contributed by atoms with van der Waals surface area (Å²) >= 11 is 0. The molecule has 13 rings (SSSR count). The molecule has 9 atom stereocenters. The Bertz CT molecular complexity index is 2800. The Morgan fingerprint density at radius 2 is 0.948 bits per heavy atom. The van der Waals surface area contributed by atoms with Crippen LogP contribution in [0, 0.1) is 45.4 Å². The summed E-state index contributed by atoms with van der Waals surface area (Å²) in [7, 11) is 1.69. The minimum absolute atomic E-state index is 0.0238. The molecule has 0 aromatic heterocycles. The van der Waals surface area contributed by atoms with E-state index >= 15 is 0 Å². The third-order valence-corrected chi connectivity index (χ3v) is 17.0. The van der Waals surface area contributed by atoms with Crippen LogP contribution in [-0.2, 0) is 84.3 Å². The zero-order chi connectivity index (χ0) is 53.7. The van der Waals surface area contributed by atoms with Crippen molar-refractivity contribution in [1.82, 2.24) is 0 Å². The molecule has 8 aliphatic heterocycles. The van der Waals surface area contributed by atoms with Gasteiger partial charge < -0.3 is 47.7 Å². The van der Waals surface area contributed by atoms with Crippen molar-refractivity contribution in [2.45, 2.75) is 155 Å². The average molecular weight is 1050 g/mol. The van der Waals surface area contributed by atoms with Crippen molar-refractivity contribution in [3.8, 4) is 0 Å². The molecule has 8 bridgehead atoms. The molecule has 0 unspecified atom stereocenters. The van der Waals surface area contributed by atoms with Gasteiger partial charge in [-0.2, -0.15) is 0 Å². The molecule has 408 valence electrons. The largest absolute Gasteiger partial charge is 0.496 e. The molecule has 77 heavy (non-hydrogen) atoms. The minimum atomic E-state index is -0.688. The number of aliphatic hydroxyl groups is 1. The summed E-state index contributed by atoms with van der Waals surface area (Å²) < 4.78 is 49.8. The molecular formula is C65H76O12. The van der Waals surface area contributed by atoms with E-state index in [9.17, 15) is 14.7 Å². The van der Waals surface area contributed by atoms with E-state index in [2.05, 4.69) is 144 Å². The number of ether oxygens (including phenoxy) is 9. The van der Waals surface area contributed by atoms with Gasteiger partial charge in [-0.05, 0) is 147 Å². The van der Waals surface area contributed by atoms with Gasteiger partial charge in [0.2, 0.25) is 18.9 Å². The summed E-state index contributed by atoms with van der Waals surface area (Å²) in [5.74, 6) is 1.07. The molecule has 7 fully saturated rings. The number of hydrogen-bond donors (Lipinski definition) is 1. The van der Waals surface area contributed by atoms with Gasteiger partial charge in [0.15, 0.2) is 23.6 Å². The van der Waals surface area contributed by atoms with Crippen molar-refractivity contribution in [3.05, 3.63) is 188 Å². The molecule has 8 heterocycles. The monoisotopic (exact) mass is 1050 g/mol. The van der Waals surface area contributed by atoms with Gasteiger partial charge in [-0.1, -0.05) is 121 Å². The molecule has 0 spiro atoms. The Labute approximate surface area is 454 Å². The number of aliphatic hydroxyl groups excluding tert-OH is 1. The van der Waals surface area contributed by atoms with E-state index in [1.165, 1.54) is 61.2 Å². The molecule has 7 saturated heterocycles. The molecule has 12 nitrogen and oxygen atoms in total. The predicted molar refractivity (Wildman–Crippen MR) is 291 cm³/mol. The zero-order valence-electron chi connectivity index (χ0n) is 45.6. The topological polar surface area (TPSA) is 137 Å². The molecule has 8 aliphatic rings. The van der Waals surface area contributed by atoms with E-state index < -0.39 is 30.4 Å². The van der Waals surface area contributed by atoms with Crippen LogP contribution in [0.5, 0.6) is 0 Å². The van der Waals surface area contributed by atoms with Gasteiger partial charge in [-0.25, -0.2) is 0 Å². The maximum absolute atomic E-state index is 13.3. The third-order valence-electron chi connectivity index (χ3n) is 17.0. The van der Waals surface area contributed by atoms with Crippen LogP contribution in [0.15, 0.2) is 133 Å². The van der Waals surface area contributed by atoms with E-state index in [1.54, 1.807) is 7.11 Å². The number of rotatable bonds is 11. The lowest BCUT2D eigenvalue weighted by atomic mass is 9.67. The summed E-state index contributed by atoms with van der Waals surface area (Å²) in [5.41, 5.74) is 13.4. The van der Waals surface area contributed by atoms with Crippen molar-refractivity contribution >= 4 is 11.6 Å². The number of benzene rings is 5. The number of hydrogen-bond acceptors (Lipinski definition) is 12. The fourth-order valence-electron chi connectivity index (χ4n) is 12.5. The van der Waals surface area contributed by atoms with E-state index in [4.69, 9.17) is 42.6 Å². The third kappa shape index (κ3) is 12.6. The van der Waals surface area contributed by atoms with E-state index in [1.807, 2.05) is 12.1 Å².